The van der Waals surface area contributed by atoms with Crippen LogP contribution in [0.4, 0.5) is 0 Å². The lowest BCUT2D eigenvalue weighted by Gasteiger charge is -1.99. The molecule has 0 unspecified atom stereocenters. The number of aromatic nitrogens is 1. The minimum absolute atomic E-state index is 0.676. The standard InChI is InChI=1S/C12H15NO/c1-8-4-5-12-10(6-8)11(7-14-3)9(2)13-12/h4-6,13H,7H2,1-3H3. The highest BCUT2D eigenvalue weighted by atomic mass is 16.5. The molecule has 74 valence electrons. The van der Waals surface area contributed by atoms with E-state index in [2.05, 4.69) is 37.0 Å². The molecule has 0 aliphatic rings. The number of hydrogen-bond donors (Lipinski definition) is 1. The van der Waals surface area contributed by atoms with E-state index >= 15 is 0 Å². The number of aromatic amines is 1. The lowest BCUT2D eigenvalue weighted by atomic mass is 10.1. The molecule has 0 aliphatic carbocycles. The van der Waals surface area contributed by atoms with Gasteiger partial charge in [0, 0.05) is 29.3 Å². The van der Waals surface area contributed by atoms with E-state index < -0.39 is 0 Å². The Bertz CT molecular complexity index is 457. The molecule has 0 saturated heterocycles. The van der Waals surface area contributed by atoms with Crippen molar-refractivity contribution < 1.29 is 4.74 Å². The second kappa shape index (κ2) is 3.46. The summed E-state index contributed by atoms with van der Waals surface area (Å²) >= 11 is 0. The number of rotatable bonds is 2. The fourth-order valence-electron chi connectivity index (χ4n) is 1.83. The summed E-state index contributed by atoms with van der Waals surface area (Å²) in [6.07, 6.45) is 0. The Hall–Kier alpha value is -1.28. The van der Waals surface area contributed by atoms with Crippen LogP contribution in [-0.2, 0) is 11.3 Å². The molecule has 0 radical (unpaired) electrons. The fraction of sp³-hybridized carbons (Fsp3) is 0.333. The van der Waals surface area contributed by atoms with Gasteiger partial charge in [-0.15, -0.1) is 0 Å². The van der Waals surface area contributed by atoms with Gasteiger partial charge in [0.25, 0.3) is 0 Å². The average molecular weight is 189 g/mol. The molecular weight excluding hydrogens is 174 g/mol. The summed E-state index contributed by atoms with van der Waals surface area (Å²) in [4.78, 5) is 3.36. The number of nitrogens with one attached hydrogen (secondary N) is 1. The highest BCUT2D eigenvalue weighted by Crippen LogP contribution is 2.23. The third-order valence-electron chi connectivity index (χ3n) is 2.56. The van der Waals surface area contributed by atoms with Crippen LogP contribution in [0.5, 0.6) is 0 Å². The number of benzene rings is 1. The van der Waals surface area contributed by atoms with Crippen LogP contribution < -0.4 is 0 Å². The van der Waals surface area contributed by atoms with Gasteiger partial charge in [-0.25, -0.2) is 0 Å². The lowest BCUT2D eigenvalue weighted by Crippen LogP contribution is -1.88. The van der Waals surface area contributed by atoms with E-state index in [9.17, 15) is 0 Å². The van der Waals surface area contributed by atoms with Crippen LogP contribution in [0, 0.1) is 13.8 Å². The zero-order chi connectivity index (χ0) is 10.1. The van der Waals surface area contributed by atoms with Crippen molar-refractivity contribution in [3.8, 4) is 0 Å². The molecule has 2 rings (SSSR count). The number of ether oxygens (including phenoxy) is 1. The molecule has 1 heterocycles. The van der Waals surface area contributed by atoms with Crippen LogP contribution in [0.25, 0.3) is 10.9 Å². The molecule has 1 aromatic carbocycles. The van der Waals surface area contributed by atoms with Crippen LogP contribution >= 0.6 is 0 Å². The van der Waals surface area contributed by atoms with Gasteiger partial charge in [0.2, 0.25) is 0 Å². The number of H-pyrrole nitrogens is 1. The Morgan fingerprint density at radius 3 is 2.79 bits per heavy atom. The predicted octanol–water partition coefficient (Wildman–Crippen LogP) is 2.93. The molecule has 1 aromatic heterocycles. The van der Waals surface area contributed by atoms with E-state index in [1.165, 1.54) is 27.7 Å². The first-order chi connectivity index (χ1) is 6.72. The lowest BCUT2D eigenvalue weighted by molar-refractivity contribution is 0.185. The molecule has 0 spiro atoms. The Morgan fingerprint density at radius 2 is 2.07 bits per heavy atom. The molecule has 0 atom stereocenters. The second-order valence-corrected chi connectivity index (χ2v) is 3.71. The number of hydrogen-bond acceptors (Lipinski definition) is 1. The third-order valence-corrected chi connectivity index (χ3v) is 2.56. The van der Waals surface area contributed by atoms with Crippen LogP contribution in [0.15, 0.2) is 18.2 Å². The Labute approximate surface area is 83.9 Å². The molecule has 2 aromatic rings. The smallest absolute Gasteiger partial charge is 0.0736 e. The molecule has 2 heteroatoms. The van der Waals surface area contributed by atoms with Crippen molar-refractivity contribution in [1.29, 1.82) is 0 Å². The quantitative estimate of drug-likeness (QED) is 0.772. The first-order valence-corrected chi connectivity index (χ1v) is 4.79. The summed E-state index contributed by atoms with van der Waals surface area (Å²) < 4.78 is 5.20. The Morgan fingerprint density at radius 1 is 1.29 bits per heavy atom. The van der Waals surface area contributed by atoms with Crippen LogP contribution in [0.1, 0.15) is 16.8 Å². The van der Waals surface area contributed by atoms with E-state index in [4.69, 9.17) is 4.74 Å². The molecule has 0 saturated carbocycles. The number of methoxy groups -OCH3 is 1. The van der Waals surface area contributed by atoms with Crippen molar-refractivity contribution >= 4 is 10.9 Å². The van der Waals surface area contributed by atoms with E-state index in [1.54, 1.807) is 7.11 Å². The SMILES string of the molecule is COCc1c(C)[nH]c2ccc(C)cc12. The molecule has 0 aliphatic heterocycles. The van der Waals surface area contributed by atoms with Crippen molar-refractivity contribution in [1.82, 2.24) is 4.98 Å². The average Bonchev–Trinajstić information content (AvgIpc) is 2.45. The molecular formula is C12H15NO. The maximum absolute atomic E-state index is 5.20. The van der Waals surface area contributed by atoms with Crippen molar-refractivity contribution in [3.63, 3.8) is 0 Å². The fourth-order valence-corrected chi connectivity index (χ4v) is 1.83. The summed E-state index contributed by atoms with van der Waals surface area (Å²) in [5, 5.41) is 1.28. The van der Waals surface area contributed by atoms with E-state index in [0.717, 1.165) is 0 Å². The van der Waals surface area contributed by atoms with E-state index in [1.807, 2.05) is 0 Å². The maximum Gasteiger partial charge on any atom is 0.0736 e. The minimum Gasteiger partial charge on any atom is -0.380 e. The van der Waals surface area contributed by atoms with Gasteiger partial charge in [0.15, 0.2) is 0 Å². The van der Waals surface area contributed by atoms with Crippen molar-refractivity contribution in [2.45, 2.75) is 20.5 Å². The largest absolute Gasteiger partial charge is 0.380 e. The summed E-state index contributed by atoms with van der Waals surface area (Å²) in [5.41, 5.74) is 4.95. The predicted molar refractivity (Wildman–Crippen MR) is 58.5 cm³/mol. The van der Waals surface area contributed by atoms with Gasteiger partial charge in [-0.2, -0.15) is 0 Å². The van der Waals surface area contributed by atoms with Gasteiger partial charge in [0.05, 0.1) is 6.61 Å². The van der Waals surface area contributed by atoms with Crippen LogP contribution in [-0.4, -0.2) is 12.1 Å². The highest BCUT2D eigenvalue weighted by Gasteiger charge is 2.07. The monoisotopic (exact) mass is 189 g/mol. The van der Waals surface area contributed by atoms with Gasteiger partial charge in [0.1, 0.15) is 0 Å². The van der Waals surface area contributed by atoms with Crippen molar-refractivity contribution in [2.24, 2.45) is 0 Å². The van der Waals surface area contributed by atoms with Crippen molar-refractivity contribution in [3.05, 3.63) is 35.0 Å². The van der Waals surface area contributed by atoms with Crippen LogP contribution in [0.3, 0.4) is 0 Å². The third kappa shape index (κ3) is 1.42. The zero-order valence-corrected chi connectivity index (χ0v) is 8.85. The van der Waals surface area contributed by atoms with Crippen molar-refractivity contribution in [2.75, 3.05) is 7.11 Å². The summed E-state index contributed by atoms with van der Waals surface area (Å²) in [5.74, 6) is 0. The molecule has 0 fully saturated rings. The maximum atomic E-state index is 5.20. The zero-order valence-electron chi connectivity index (χ0n) is 8.85. The summed E-state index contributed by atoms with van der Waals surface area (Å²) in [7, 11) is 1.73. The second-order valence-electron chi connectivity index (χ2n) is 3.71. The van der Waals surface area contributed by atoms with E-state index in [-0.39, 0.29) is 0 Å². The van der Waals surface area contributed by atoms with Gasteiger partial charge in [-0.3, -0.25) is 0 Å². The molecule has 2 nitrogen and oxygen atoms in total. The topological polar surface area (TPSA) is 25.0 Å². The van der Waals surface area contributed by atoms with E-state index in [0.29, 0.717) is 6.61 Å². The van der Waals surface area contributed by atoms with Gasteiger partial charge < -0.3 is 9.72 Å². The first kappa shape index (κ1) is 9.28. The molecule has 0 amide bonds. The Balaban J connectivity index is 2.66. The first-order valence-electron chi connectivity index (χ1n) is 4.79. The van der Waals surface area contributed by atoms with Gasteiger partial charge in [-0.05, 0) is 26.0 Å². The highest BCUT2D eigenvalue weighted by molar-refractivity contribution is 5.85. The number of aryl methyl sites for hydroxylation is 2. The van der Waals surface area contributed by atoms with Crippen LogP contribution in [0.2, 0.25) is 0 Å². The van der Waals surface area contributed by atoms with Gasteiger partial charge >= 0.3 is 0 Å². The van der Waals surface area contributed by atoms with Gasteiger partial charge in [-0.1, -0.05) is 11.6 Å². The minimum atomic E-state index is 0.676. The summed E-state index contributed by atoms with van der Waals surface area (Å²) in [6, 6.07) is 6.44. The molecule has 1 N–H and O–H groups in total. The summed E-state index contributed by atoms with van der Waals surface area (Å²) in [6.45, 7) is 4.87. The normalized spacial score (nSPS) is 11.1. The number of fused-ring (bicyclic) bond motifs is 1. The molecule has 0 bridgehead atoms. The molecule has 14 heavy (non-hydrogen) atoms. The Kier molecular flexibility index (Phi) is 2.30.